The summed E-state index contributed by atoms with van der Waals surface area (Å²) in [7, 11) is 1.79. The summed E-state index contributed by atoms with van der Waals surface area (Å²) in [5.41, 5.74) is 6.29. The maximum atomic E-state index is 10.9. The molecule has 1 heterocycles. The predicted octanol–water partition coefficient (Wildman–Crippen LogP) is 1.85. The number of hydrogen-bond acceptors (Lipinski definition) is 5. The summed E-state index contributed by atoms with van der Waals surface area (Å²) in [4.78, 5) is 14.9. The third-order valence-corrected chi connectivity index (χ3v) is 3.21. The summed E-state index contributed by atoms with van der Waals surface area (Å²) in [5, 5.41) is 15.2. The lowest BCUT2D eigenvalue weighted by atomic mass is 10.1. The first-order valence-electron chi connectivity index (χ1n) is 6.01. The third-order valence-electron chi connectivity index (χ3n) is 3.21. The van der Waals surface area contributed by atoms with Crippen molar-refractivity contribution < 1.29 is 4.92 Å². The number of hydrogen-bond donors (Lipinski definition) is 1. The Bertz CT molecular complexity index is 660. The molecular weight excluding hydrogens is 246 g/mol. The molecule has 0 radical (unpaired) electrons. The highest BCUT2D eigenvalue weighted by atomic mass is 16.6. The highest BCUT2D eigenvalue weighted by Crippen LogP contribution is 2.39. The standard InChI is InChI=1S/C12H13N5O2/c1-16-12(14-11(15-16)7-2-3-7)8-4-5-9(13)10(6-8)17(18)19/h4-7H,2-3,13H2,1H3. The van der Waals surface area contributed by atoms with Gasteiger partial charge in [0.15, 0.2) is 11.6 Å². The first-order valence-corrected chi connectivity index (χ1v) is 6.01. The van der Waals surface area contributed by atoms with Crippen LogP contribution in [-0.4, -0.2) is 19.7 Å². The molecule has 2 N–H and O–H groups in total. The molecule has 1 fully saturated rings. The van der Waals surface area contributed by atoms with Crippen LogP contribution < -0.4 is 5.73 Å². The van der Waals surface area contributed by atoms with Gasteiger partial charge in [0.2, 0.25) is 0 Å². The van der Waals surface area contributed by atoms with Crippen LogP contribution in [0.4, 0.5) is 11.4 Å². The smallest absolute Gasteiger partial charge is 0.292 e. The maximum absolute atomic E-state index is 10.9. The van der Waals surface area contributed by atoms with Crippen molar-refractivity contribution in [2.24, 2.45) is 7.05 Å². The second kappa shape index (κ2) is 4.04. The summed E-state index contributed by atoms with van der Waals surface area (Å²) in [6, 6.07) is 4.69. The topological polar surface area (TPSA) is 99.9 Å². The highest BCUT2D eigenvalue weighted by Gasteiger charge is 2.29. The summed E-state index contributed by atoms with van der Waals surface area (Å²) < 4.78 is 1.66. The number of aromatic nitrogens is 3. The van der Waals surface area contributed by atoms with Crippen molar-refractivity contribution in [3.05, 3.63) is 34.1 Å². The van der Waals surface area contributed by atoms with Gasteiger partial charge in [-0.3, -0.25) is 10.1 Å². The normalized spacial score (nSPS) is 14.6. The third kappa shape index (κ3) is 2.03. The summed E-state index contributed by atoms with van der Waals surface area (Å²) in [5.74, 6) is 1.89. The Labute approximate surface area is 109 Å². The molecule has 1 aliphatic carbocycles. The second-order valence-corrected chi connectivity index (χ2v) is 4.72. The van der Waals surface area contributed by atoms with Crippen LogP contribution in [0.25, 0.3) is 11.4 Å². The van der Waals surface area contributed by atoms with E-state index in [-0.39, 0.29) is 11.4 Å². The summed E-state index contributed by atoms with van der Waals surface area (Å²) in [6.45, 7) is 0. The zero-order valence-electron chi connectivity index (χ0n) is 10.4. The number of nitrogens with two attached hydrogens (primary N) is 1. The minimum Gasteiger partial charge on any atom is -0.393 e. The Hall–Kier alpha value is -2.44. The Morgan fingerprint density at radius 2 is 2.21 bits per heavy atom. The number of aryl methyl sites for hydroxylation is 1. The molecule has 3 rings (SSSR count). The molecule has 2 aromatic rings. The molecule has 0 saturated heterocycles. The van der Waals surface area contributed by atoms with Crippen molar-refractivity contribution in [2.75, 3.05) is 5.73 Å². The predicted molar refractivity (Wildman–Crippen MR) is 69.5 cm³/mol. The van der Waals surface area contributed by atoms with Gasteiger partial charge in [0.1, 0.15) is 5.69 Å². The number of benzene rings is 1. The van der Waals surface area contributed by atoms with Crippen LogP contribution in [0.2, 0.25) is 0 Å². The number of nitro groups is 1. The van der Waals surface area contributed by atoms with Gasteiger partial charge >= 0.3 is 0 Å². The van der Waals surface area contributed by atoms with Gasteiger partial charge < -0.3 is 5.73 Å². The van der Waals surface area contributed by atoms with E-state index < -0.39 is 4.92 Å². The Morgan fingerprint density at radius 1 is 1.47 bits per heavy atom. The molecule has 0 spiro atoms. The van der Waals surface area contributed by atoms with Crippen LogP contribution in [0, 0.1) is 10.1 Å². The fraction of sp³-hybridized carbons (Fsp3) is 0.333. The molecule has 7 heteroatoms. The molecule has 1 aromatic heterocycles. The first-order chi connectivity index (χ1) is 9.06. The van der Waals surface area contributed by atoms with Crippen molar-refractivity contribution in [3.63, 3.8) is 0 Å². The van der Waals surface area contributed by atoms with E-state index >= 15 is 0 Å². The molecule has 98 valence electrons. The van der Waals surface area contributed by atoms with E-state index in [1.807, 2.05) is 0 Å². The van der Waals surface area contributed by atoms with E-state index in [1.54, 1.807) is 17.8 Å². The van der Waals surface area contributed by atoms with Gasteiger partial charge in [-0.1, -0.05) is 0 Å². The molecule has 0 atom stereocenters. The van der Waals surface area contributed by atoms with Crippen LogP contribution in [0.5, 0.6) is 0 Å². The van der Waals surface area contributed by atoms with Gasteiger partial charge in [0, 0.05) is 24.6 Å². The largest absolute Gasteiger partial charge is 0.393 e. The van der Waals surface area contributed by atoms with Gasteiger partial charge in [-0.15, -0.1) is 0 Å². The molecule has 1 aromatic carbocycles. The van der Waals surface area contributed by atoms with Crippen molar-refractivity contribution in [1.29, 1.82) is 0 Å². The van der Waals surface area contributed by atoms with E-state index in [0.29, 0.717) is 17.3 Å². The number of anilines is 1. The van der Waals surface area contributed by atoms with E-state index in [0.717, 1.165) is 18.7 Å². The quantitative estimate of drug-likeness (QED) is 0.515. The number of nitrogen functional groups attached to an aromatic ring is 1. The number of nitrogens with zero attached hydrogens (tertiary/aromatic N) is 4. The fourth-order valence-electron chi connectivity index (χ4n) is 2.01. The van der Waals surface area contributed by atoms with Crippen molar-refractivity contribution >= 4 is 11.4 Å². The monoisotopic (exact) mass is 259 g/mol. The zero-order chi connectivity index (χ0) is 13.6. The minimum absolute atomic E-state index is 0.103. The molecule has 0 aliphatic heterocycles. The van der Waals surface area contributed by atoms with Crippen LogP contribution in [-0.2, 0) is 7.05 Å². The summed E-state index contributed by atoms with van der Waals surface area (Å²) in [6.07, 6.45) is 2.23. The second-order valence-electron chi connectivity index (χ2n) is 4.72. The molecule has 0 bridgehead atoms. The average Bonchev–Trinajstić information content (AvgIpc) is 3.14. The number of nitro benzene ring substituents is 1. The van der Waals surface area contributed by atoms with Gasteiger partial charge in [-0.2, -0.15) is 5.10 Å². The van der Waals surface area contributed by atoms with Gasteiger partial charge in [0.05, 0.1) is 4.92 Å². The SMILES string of the molecule is Cn1nc(C2CC2)nc1-c1ccc(N)c([N+](=O)[O-])c1. The molecule has 0 amide bonds. The van der Waals surface area contributed by atoms with Gasteiger partial charge in [-0.05, 0) is 25.0 Å². The zero-order valence-corrected chi connectivity index (χ0v) is 10.4. The summed E-state index contributed by atoms with van der Waals surface area (Å²) >= 11 is 0. The van der Waals surface area contributed by atoms with Crippen molar-refractivity contribution in [2.45, 2.75) is 18.8 Å². The van der Waals surface area contributed by atoms with Gasteiger partial charge in [0.25, 0.3) is 5.69 Å². The van der Waals surface area contributed by atoms with E-state index in [4.69, 9.17) is 5.73 Å². The number of rotatable bonds is 3. The Morgan fingerprint density at radius 3 is 2.84 bits per heavy atom. The molecular formula is C12H13N5O2. The van der Waals surface area contributed by atoms with Crippen molar-refractivity contribution in [3.8, 4) is 11.4 Å². The molecule has 0 unspecified atom stereocenters. The molecule has 1 aliphatic rings. The van der Waals surface area contributed by atoms with Crippen molar-refractivity contribution in [1.82, 2.24) is 14.8 Å². The highest BCUT2D eigenvalue weighted by molar-refractivity contribution is 5.68. The lowest BCUT2D eigenvalue weighted by Gasteiger charge is -2.02. The maximum Gasteiger partial charge on any atom is 0.292 e. The van der Waals surface area contributed by atoms with Crippen LogP contribution in [0.3, 0.4) is 0 Å². The van der Waals surface area contributed by atoms with Gasteiger partial charge in [-0.25, -0.2) is 9.67 Å². The lowest BCUT2D eigenvalue weighted by molar-refractivity contribution is -0.383. The first kappa shape index (κ1) is 11.6. The lowest BCUT2D eigenvalue weighted by Crippen LogP contribution is -1.98. The van der Waals surface area contributed by atoms with E-state index in [9.17, 15) is 10.1 Å². The van der Waals surface area contributed by atoms with E-state index in [2.05, 4.69) is 10.1 Å². The van der Waals surface area contributed by atoms with Crippen LogP contribution in [0.15, 0.2) is 18.2 Å². The molecule has 1 saturated carbocycles. The minimum atomic E-state index is -0.489. The fourth-order valence-corrected chi connectivity index (χ4v) is 2.01. The van der Waals surface area contributed by atoms with Crippen LogP contribution >= 0.6 is 0 Å². The molecule has 7 nitrogen and oxygen atoms in total. The van der Waals surface area contributed by atoms with Crippen LogP contribution in [0.1, 0.15) is 24.6 Å². The van der Waals surface area contributed by atoms with E-state index in [1.165, 1.54) is 12.1 Å². The average molecular weight is 259 g/mol. The molecule has 19 heavy (non-hydrogen) atoms. The Balaban J connectivity index is 2.06. The Kier molecular flexibility index (Phi) is 2.48.